The summed E-state index contributed by atoms with van der Waals surface area (Å²) < 4.78 is 8.63. The molecule has 2 aromatic rings. The van der Waals surface area contributed by atoms with E-state index in [1.54, 1.807) is 7.11 Å². The van der Waals surface area contributed by atoms with Crippen molar-refractivity contribution in [1.82, 2.24) is 9.55 Å². The smallest absolute Gasteiger partial charge is 0.178 e. The highest BCUT2D eigenvalue weighted by Crippen LogP contribution is 2.51. The Bertz CT molecular complexity index is 683. The maximum atomic E-state index is 5.55. The number of ether oxygens (including phenoxy) is 1. The lowest BCUT2D eigenvalue weighted by atomic mass is 9.64. The molecule has 0 radical (unpaired) electrons. The molecule has 0 bridgehead atoms. The fourth-order valence-corrected chi connectivity index (χ4v) is 3.58. The standard InChI is InChI=1S/C15H20N2OS/c1-9-5-6-10-11(7-9)17(14(19)16-10)12-8-13(18-4)15(12,2)3/h5-7,12-13H,8H2,1-4H3,(H,16,19). The lowest BCUT2D eigenvalue weighted by molar-refractivity contribution is -0.111. The number of H-pyrrole nitrogens is 1. The molecule has 1 aromatic carbocycles. The second-order valence-corrected chi connectivity index (χ2v) is 6.50. The van der Waals surface area contributed by atoms with Crippen molar-refractivity contribution in [2.45, 2.75) is 39.3 Å². The van der Waals surface area contributed by atoms with Crippen LogP contribution in [0.3, 0.4) is 0 Å². The van der Waals surface area contributed by atoms with Gasteiger partial charge in [0.15, 0.2) is 4.77 Å². The molecule has 19 heavy (non-hydrogen) atoms. The van der Waals surface area contributed by atoms with E-state index >= 15 is 0 Å². The molecule has 4 heteroatoms. The number of methoxy groups -OCH3 is 1. The average molecular weight is 276 g/mol. The molecule has 0 saturated heterocycles. The number of hydrogen-bond acceptors (Lipinski definition) is 2. The molecule has 0 amide bonds. The van der Waals surface area contributed by atoms with E-state index in [0.29, 0.717) is 12.1 Å². The van der Waals surface area contributed by atoms with Gasteiger partial charge in [-0.05, 0) is 43.3 Å². The van der Waals surface area contributed by atoms with Gasteiger partial charge in [0.05, 0.1) is 17.1 Å². The van der Waals surface area contributed by atoms with Crippen molar-refractivity contribution in [3.63, 3.8) is 0 Å². The van der Waals surface area contributed by atoms with E-state index < -0.39 is 0 Å². The Morgan fingerprint density at radius 3 is 2.79 bits per heavy atom. The van der Waals surface area contributed by atoms with Crippen LogP contribution in [-0.2, 0) is 4.74 Å². The molecule has 0 aliphatic heterocycles. The molecule has 0 spiro atoms. The Morgan fingerprint density at radius 1 is 1.42 bits per heavy atom. The topological polar surface area (TPSA) is 29.9 Å². The van der Waals surface area contributed by atoms with Crippen LogP contribution in [-0.4, -0.2) is 22.8 Å². The van der Waals surface area contributed by atoms with Crippen LogP contribution in [0, 0.1) is 17.1 Å². The molecule has 1 fully saturated rings. The quantitative estimate of drug-likeness (QED) is 0.840. The number of aromatic nitrogens is 2. The van der Waals surface area contributed by atoms with Gasteiger partial charge in [-0.1, -0.05) is 19.9 Å². The third-order valence-corrected chi connectivity index (χ3v) is 4.89. The van der Waals surface area contributed by atoms with Gasteiger partial charge in [0.1, 0.15) is 0 Å². The number of aromatic amines is 1. The van der Waals surface area contributed by atoms with Gasteiger partial charge in [-0.15, -0.1) is 0 Å². The van der Waals surface area contributed by atoms with Crippen molar-refractivity contribution in [1.29, 1.82) is 0 Å². The maximum Gasteiger partial charge on any atom is 0.178 e. The van der Waals surface area contributed by atoms with Crippen molar-refractivity contribution in [2.75, 3.05) is 7.11 Å². The van der Waals surface area contributed by atoms with Crippen molar-refractivity contribution < 1.29 is 4.74 Å². The van der Waals surface area contributed by atoms with Gasteiger partial charge in [0, 0.05) is 18.6 Å². The number of imidazole rings is 1. The minimum atomic E-state index is 0.117. The fraction of sp³-hybridized carbons (Fsp3) is 0.533. The van der Waals surface area contributed by atoms with Crippen LogP contribution >= 0.6 is 12.2 Å². The molecule has 1 aliphatic rings. The first-order chi connectivity index (χ1) is 8.95. The van der Waals surface area contributed by atoms with E-state index in [-0.39, 0.29) is 5.41 Å². The van der Waals surface area contributed by atoms with Crippen LogP contribution in [0.25, 0.3) is 11.0 Å². The van der Waals surface area contributed by atoms with Gasteiger partial charge in [-0.2, -0.15) is 0 Å². The number of benzene rings is 1. The summed E-state index contributed by atoms with van der Waals surface area (Å²) in [7, 11) is 1.79. The summed E-state index contributed by atoms with van der Waals surface area (Å²) in [5, 5.41) is 0. The van der Waals surface area contributed by atoms with E-state index in [0.717, 1.165) is 16.7 Å². The van der Waals surface area contributed by atoms with Crippen LogP contribution in [0.4, 0.5) is 0 Å². The monoisotopic (exact) mass is 276 g/mol. The molecule has 1 aromatic heterocycles. The van der Waals surface area contributed by atoms with E-state index in [1.807, 2.05) is 0 Å². The maximum absolute atomic E-state index is 5.55. The van der Waals surface area contributed by atoms with Crippen molar-refractivity contribution in [2.24, 2.45) is 5.41 Å². The van der Waals surface area contributed by atoms with Gasteiger partial charge in [0.2, 0.25) is 0 Å². The Labute approximate surface area is 118 Å². The number of fused-ring (bicyclic) bond motifs is 1. The first kappa shape index (κ1) is 12.9. The van der Waals surface area contributed by atoms with Gasteiger partial charge >= 0.3 is 0 Å². The highest BCUT2D eigenvalue weighted by atomic mass is 32.1. The summed E-state index contributed by atoms with van der Waals surface area (Å²) in [5.74, 6) is 0. The van der Waals surface area contributed by atoms with Gasteiger partial charge in [0.25, 0.3) is 0 Å². The van der Waals surface area contributed by atoms with Crippen molar-refractivity contribution in [3.8, 4) is 0 Å². The predicted octanol–water partition coefficient (Wildman–Crippen LogP) is 3.99. The predicted molar refractivity (Wildman–Crippen MR) is 80.1 cm³/mol. The Balaban J connectivity index is 2.14. The van der Waals surface area contributed by atoms with E-state index in [1.165, 1.54) is 11.1 Å². The molecule has 1 heterocycles. The minimum Gasteiger partial charge on any atom is -0.381 e. The largest absolute Gasteiger partial charge is 0.381 e. The van der Waals surface area contributed by atoms with Crippen LogP contribution in [0.5, 0.6) is 0 Å². The summed E-state index contributed by atoms with van der Waals surface area (Å²) in [6.45, 7) is 6.63. The highest BCUT2D eigenvalue weighted by Gasteiger charge is 2.50. The van der Waals surface area contributed by atoms with Crippen molar-refractivity contribution in [3.05, 3.63) is 28.5 Å². The number of nitrogens with one attached hydrogen (secondary N) is 1. The zero-order valence-electron chi connectivity index (χ0n) is 11.9. The zero-order valence-corrected chi connectivity index (χ0v) is 12.7. The molecule has 102 valence electrons. The van der Waals surface area contributed by atoms with Gasteiger partial charge < -0.3 is 14.3 Å². The number of hydrogen-bond donors (Lipinski definition) is 1. The molecule has 1 saturated carbocycles. The SMILES string of the molecule is COC1CC(n2c(=S)[nH]c3ccc(C)cc32)C1(C)C. The number of aryl methyl sites for hydroxylation is 1. The van der Waals surface area contributed by atoms with Crippen LogP contribution < -0.4 is 0 Å². The second-order valence-electron chi connectivity index (χ2n) is 6.12. The molecule has 1 N–H and O–H groups in total. The Morgan fingerprint density at radius 2 is 2.16 bits per heavy atom. The van der Waals surface area contributed by atoms with Crippen LogP contribution in [0.15, 0.2) is 18.2 Å². The summed E-state index contributed by atoms with van der Waals surface area (Å²) in [6, 6.07) is 6.83. The lowest BCUT2D eigenvalue weighted by Crippen LogP contribution is -2.51. The minimum absolute atomic E-state index is 0.117. The summed E-state index contributed by atoms with van der Waals surface area (Å²) >= 11 is 5.52. The van der Waals surface area contributed by atoms with Crippen LogP contribution in [0.1, 0.15) is 31.9 Å². The molecule has 3 nitrogen and oxygen atoms in total. The molecular weight excluding hydrogens is 256 g/mol. The van der Waals surface area contributed by atoms with E-state index in [2.05, 4.69) is 48.5 Å². The fourth-order valence-electron chi connectivity index (χ4n) is 3.24. The number of rotatable bonds is 2. The molecule has 1 aliphatic carbocycles. The molecule has 2 atom stereocenters. The normalized spacial score (nSPS) is 25.5. The zero-order chi connectivity index (χ0) is 13.8. The molecular formula is C15H20N2OS. The summed E-state index contributed by atoms with van der Waals surface area (Å²) in [5.41, 5.74) is 3.70. The van der Waals surface area contributed by atoms with Gasteiger partial charge in [-0.3, -0.25) is 0 Å². The Hall–Kier alpha value is -1.13. The third-order valence-electron chi connectivity index (χ3n) is 4.60. The van der Waals surface area contributed by atoms with E-state index in [4.69, 9.17) is 17.0 Å². The molecule has 3 rings (SSSR count). The number of nitrogens with zero attached hydrogens (tertiary/aromatic N) is 1. The third kappa shape index (κ3) is 1.77. The second kappa shape index (κ2) is 4.18. The lowest BCUT2D eigenvalue weighted by Gasteiger charge is -2.51. The first-order valence-corrected chi connectivity index (χ1v) is 7.09. The van der Waals surface area contributed by atoms with Crippen LogP contribution in [0.2, 0.25) is 0 Å². The molecule has 2 unspecified atom stereocenters. The highest BCUT2D eigenvalue weighted by molar-refractivity contribution is 7.71. The van der Waals surface area contributed by atoms with E-state index in [9.17, 15) is 0 Å². The summed E-state index contributed by atoms with van der Waals surface area (Å²) in [4.78, 5) is 3.31. The Kier molecular flexibility index (Phi) is 2.84. The summed E-state index contributed by atoms with van der Waals surface area (Å²) in [6.07, 6.45) is 1.34. The average Bonchev–Trinajstić information content (AvgIpc) is 2.65. The van der Waals surface area contributed by atoms with Gasteiger partial charge in [-0.25, -0.2) is 0 Å². The van der Waals surface area contributed by atoms with Crippen molar-refractivity contribution >= 4 is 23.3 Å². The first-order valence-electron chi connectivity index (χ1n) is 6.69.